The number of tetrazole rings is 1. The van der Waals surface area contributed by atoms with E-state index < -0.39 is 0 Å². The summed E-state index contributed by atoms with van der Waals surface area (Å²) in [5.41, 5.74) is 1.26. The lowest BCUT2D eigenvalue weighted by atomic mass is 10.0. The molecule has 0 N–H and O–H groups in total. The van der Waals surface area contributed by atoms with Crippen molar-refractivity contribution in [3.63, 3.8) is 0 Å². The van der Waals surface area contributed by atoms with Gasteiger partial charge < -0.3 is 14.2 Å². The fraction of sp³-hybridized carbons (Fsp3) is 0.650. The average molecular weight is 402 g/mol. The Kier molecular flexibility index (Phi) is 6.27. The van der Waals surface area contributed by atoms with Gasteiger partial charge in [-0.1, -0.05) is 19.9 Å². The molecule has 29 heavy (non-hydrogen) atoms. The molecular formula is C20H30N6O3. The molecule has 1 aromatic heterocycles. The number of ether oxygens (including phenoxy) is 3. The Balaban J connectivity index is 1.38. The molecule has 1 fully saturated rings. The quantitative estimate of drug-likeness (QED) is 0.658. The Morgan fingerprint density at radius 2 is 1.90 bits per heavy atom. The van der Waals surface area contributed by atoms with E-state index in [1.165, 1.54) is 5.56 Å². The van der Waals surface area contributed by atoms with Gasteiger partial charge in [0.25, 0.3) is 0 Å². The maximum atomic E-state index is 5.50. The molecule has 2 aromatic rings. The zero-order chi connectivity index (χ0) is 20.2. The third-order valence-corrected chi connectivity index (χ3v) is 5.61. The van der Waals surface area contributed by atoms with Crippen LogP contribution < -0.4 is 9.47 Å². The molecule has 1 saturated heterocycles. The van der Waals surface area contributed by atoms with Gasteiger partial charge in [0.05, 0.1) is 19.2 Å². The van der Waals surface area contributed by atoms with Crippen LogP contribution in [0.1, 0.15) is 31.3 Å². The van der Waals surface area contributed by atoms with Crippen LogP contribution in [-0.4, -0.2) is 76.7 Å². The lowest BCUT2D eigenvalue weighted by Crippen LogP contribution is -2.48. The predicted molar refractivity (Wildman–Crippen MR) is 107 cm³/mol. The highest BCUT2D eigenvalue weighted by Gasteiger charge is 2.31. The van der Waals surface area contributed by atoms with Crippen LogP contribution in [0.4, 0.5) is 0 Å². The zero-order valence-electron chi connectivity index (χ0n) is 17.5. The molecule has 3 heterocycles. The second kappa shape index (κ2) is 9.06. The van der Waals surface area contributed by atoms with Crippen molar-refractivity contribution in [1.29, 1.82) is 0 Å². The molecule has 2 aliphatic rings. The molecule has 1 aromatic carbocycles. The Bertz CT molecular complexity index is 803. The smallest absolute Gasteiger partial charge is 0.231 e. The van der Waals surface area contributed by atoms with Crippen molar-refractivity contribution >= 4 is 0 Å². The van der Waals surface area contributed by atoms with Gasteiger partial charge in [-0.25, -0.2) is 4.68 Å². The van der Waals surface area contributed by atoms with Crippen molar-refractivity contribution in [2.24, 2.45) is 5.92 Å². The summed E-state index contributed by atoms with van der Waals surface area (Å²) in [4.78, 5) is 5.00. The van der Waals surface area contributed by atoms with Crippen molar-refractivity contribution in [1.82, 2.24) is 30.0 Å². The molecule has 9 heteroatoms. The minimum absolute atomic E-state index is 0.203. The molecular weight excluding hydrogens is 372 g/mol. The number of aromatic nitrogens is 4. The number of methoxy groups -OCH3 is 1. The van der Waals surface area contributed by atoms with E-state index in [-0.39, 0.29) is 6.04 Å². The van der Waals surface area contributed by atoms with E-state index in [1.807, 2.05) is 10.7 Å². The summed E-state index contributed by atoms with van der Waals surface area (Å²) in [5.74, 6) is 3.04. The monoisotopic (exact) mass is 402 g/mol. The fourth-order valence-corrected chi connectivity index (χ4v) is 4.14. The van der Waals surface area contributed by atoms with Gasteiger partial charge in [-0.05, 0) is 34.0 Å². The van der Waals surface area contributed by atoms with Gasteiger partial charge in [-0.3, -0.25) is 9.80 Å². The highest BCUT2D eigenvalue weighted by atomic mass is 16.7. The van der Waals surface area contributed by atoms with Gasteiger partial charge in [0.15, 0.2) is 17.3 Å². The van der Waals surface area contributed by atoms with Gasteiger partial charge >= 0.3 is 0 Å². The first-order valence-electron chi connectivity index (χ1n) is 10.3. The van der Waals surface area contributed by atoms with Crippen molar-refractivity contribution < 1.29 is 14.2 Å². The normalized spacial score (nSPS) is 18.5. The summed E-state index contributed by atoms with van der Waals surface area (Å²) in [6, 6.07) is 6.42. The minimum Gasteiger partial charge on any atom is -0.454 e. The number of benzene rings is 1. The Hall–Kier alpha value is -2.23. The molecule has 0 radical (unpaired) electrons. The van der Waals surface area contributed by atoms with Crippen LogP contribution in [0.2, 0.25) is 0 Å². The number of piperazine rings is 1. The topological polar surface area (TPSA) is 77.8 Å². The van der Waals surface area contributed by atoms with Crippen molar-refractivity contribution in [2.45, 2.75) is 33.0 Å². The van der Waals surface area contributed by atoms with Gasteiger partial charge in [-0.2, -0.15) is 0 Å². The van der Waals surface area contributed by atoms with Crippen LogP contribution >= 0.6 is 0 Å². The van der Waals surface area contributed by atoms with Crippen LogP contribution in [0, 0.1) is 5.92 Å². The highest BCUT2D eigenvalue weighted by molar-refractivity contribution is 5.44. The third kappa shape index (κ3) is 4.52. The summed E-state index contributed by atoms with van der Waals surface area (Å²) in [6.07, 6.45) is 0. The number of fused-ring (bicyclic) bond motifs is 1. The lowest BCUT2D eigenvalue weighted by molar-refractivity contribution is 0.0651. The van der Waals surface area contributed by atoms with Crippen LogP contribution in [0.15, 0.2) is 18.2 Å². The molecule has 1 unspecified atom stereocenters. The van der Waals surface area contributed by atoms with E-state index in [4.69, 9.17) is 14.2 Å². The second-order valence-electron chi connectivity index (χ2n) is 7.94. The van der Waals surface area contributed by atoms with E-state index in [1.54, 1.807) is 7.11 Å². The maximum absolute atomic E-state index is 5.50. The fourth-order valence-electron chi connectivity index (χ4n) is 4.14. The number of rotatable bonds is 8. The van der Waals surface area contributed by atoms with Crippen molar-refractivity contribution in [3.8, 4) is 11.5 Å². The van der Waals surface area contributed by atoms with Gasteiger partial charge in [-0.15, -0.1) is 5.10 Å². The third-order valence-electron chi connectivity index (χ3n) is 5.61. The number of hydrogen-bond acceptors (Lipinski definition) is 8. The van der Waals surface area contributed by atoms with E-state index >= 15 is 0 Å². The van der Waals surface area contributed by atoms with Crippen LogP contribution in [0.3, 0.4) is 0 Å². The van der Waals surface area contributed by atoms with Crippen molar-refractivity contribution in [2.75, 3.05) is 46.7 Å². The van der Waals surface area contributed by atoms with Gasteiger partial charge in [0.1, 0.15) is 0 Å². The van der Waals surface area contributed by atoms with E-state index in [0.717, 1.165) is 50.0 Å². The molecule has 9 nitrogen and oxygen atoms in total. The van der Waals surface area contributed by atoms with Gasteiger partial charge in [0.2, 0.25) is 6.79 Å². The molecule has 0 saturated carbocycles. The number of hydrogen-bond donors (Lipinski definition) is 0. The Labute approximate surface area is 171 Å². The summed E-state index contributed by atoms with van der Waals surface area (Å²) in [6.45, 7) is 11.0. The van der Waals surface area contributed by atoms with Crippen LogP contribution in [-0.2, 0) is 17.8 Å². The van der Waals surface area contributed by atoms with Crippen LogP contribution in [0.25, 0.3) is 0 Å². The lowest BCUT2D eigenvalue weighted by Gasteiger charge is -2.40. The molecule has 158 valence electrons. The highest BCUT2D eigenvalue weighted by Crippen LogP contribution is 2.33. The molecule has 0 aliphatic carbocycles. The van der Waals surface area contributed by atoms with E-state index in [2.05, 4.69) is 51.3 Å². The van der Waals surface area contributed by atoms with E-state index in [9.17, 15) is 0 Å². The molecule has 0 bridgehead atoms. The largest absolute Gasteiger partial charge is 0.454 e. The SMILES string of the molecule is COCCn1nnnc1C(C(C)C)N1CCN(Cc2ccc3c(c2)OCO3)CC1. The molecule has 1 atom stereocenters. The van der Waals surface area contributed by atoms with E-state index in [0.29, 0.717) is 25.9 Å². The first kappa shape index (κ1) is 20.1. The predicted octanol–water partition coefficient (Wildman–Crippen LogP) is 1.56. The first-order valence-corrected chi connectivity index (χ1v) is 10.3. The Morgan fingerprint density at radius 3 is 2.66 bits per heavy atom. The zero-order valence-corrected chi connectivity index (χ0v) is 17.5. The first-order chi connectivity index (χ1) is 14.2. The summed E-state index contributed by atoms with van der Waals surface area (Å²) < 4.78 is 18.0. The standard InChI is InChI=1S/C20H30N6O3/c1-15(2)19(20-21-22-23-26(20)10-11-27-3)25-8-6-24(7-9-25)13-16-4-5-17-18(12-16)29-14-28-17/h4-5,12,15,19H,6-11,13-14H2,1-3H3. The second-order valence-corrected chi connectivity index (χ2v) is 7.94. The van der Waals surface area contributed by atoms with Crippen molar-refractivity contribution in [3.05, 3.63) is 29.6 Å². The Morgan fingerprint density at radius 1 is 1.10 bits per heavy atom. The minimum atomic E-state index is 0.203. The molecule has 0 amide bonds. The van der Waals surface area contributed by atoms with Crippen LogP contribution in [0.5, 0.6) is 11.5 Å². The summed E-state index contributed by atoms with van der Waals surface area (Å²) in [7, 11) is 1.70. The average Bonchev–Trinajstić information content (AvgIpc) is 3.37. The molecule has 0 spiro atoms. The summed E-state index contributed by atoms with van der Waals surface area (Å²) in [5, 5.41) is 12.4. The number of nitrogens with zero attached hydrogens (tertiary/aromatic N) is 6. The molecule has 2 aliphatic heterocycles. The maximum Gasteiger partial charge on any atom is 0.231 e. The molecule has 4 rings (SSSR count). The summed E-state index contributed by atoms with van der Waals surface area (Å²) >= 11 is 0. The van der Waals surface area contributed by atoms with Gasteiger partial charge in [0, 0.05) is 39.8 Å².